The quantitative estimate of drug-likeness (QED) is 0.718. The van der Waals surface area contributed by atoms with Crippen LogP contribution in [-0.4, -0.2) is 38.3 Å². The number of rotatable bonds is 4. The smallest absolute Gasteiger partial charge is 0.312 e. The highest BCUT2D eigenvalue weighted by molar-refractivity contribution is 5.78. The van der Waals surface area contributed by atoms with Gasteiger partial charge in [-0.3, -0.25) is 4.79 Å². The molecular formula is C24H28N2O3. The highest BCUT2D eigenvalue weighted by Gasteiger charge is 2.36. The maximum atomic E-state index is 11.7. The van der Waals surface area contributed by atoms with Crippen molar-refractivity contribution in [3.63, 3.8) is 0 Å². The summed E-state index contributed by atoms with van der Waals surface area (Å²) in [6, 6.07) is 15.3. The first kappa shape index (κ1) is 18.3. The molecule has 0 aromatic heterocycles. The molecule has 0 radical (unpaired) electrons. The molecule has 2 aliphatic heterocycles. The Labute approximate surface area is 172 Å². The number of carbonyl (C=O) groups is 1. The summed E-state index contributed by atoms with van der Waals surface area (Å²) in [4.78, 5) is 16.3. The number of hydrogen-bond acceptors (Lipinski definition) is 5. The van der Waals surface area contributed by atoms with E-state index in [0.29, 0.717) is 19.0 Å². The van der Waals surface area contributed by atoms with Gasteiger partial charge in [-0.15, -0.1) is 0 Å². The predicted octanol–water partition coefficient (Wildman–Crippen LogP) is 4.48. The first-order valence-electron chi connectivity index (χ1n) is 10.5. The lowest BCUT2D eigenvalue weighted by Gasteiger charge is -2.42. The van der Waals surface area contributed by atoms with Gasteiger partial charge in [-0.25, -0.2) is 0 Å². The zero-order chi connectivity index (χ0) is 20.2. The molecule has 5 nitrogen and oxygen atoms in total. The average molecular weight is 392 g/mol. The van der Waals surface area contributed by atoms with Gasteiger partial charge in [0.1, 0.15) is 11.4 Å². The zero-order valence-corrected chi connectivity index (χ0v) is 17.4. The van der Waals surface area contributed by atoms with Crippen LogP contribution in [0, 0.1) is 5.92 Å². The molecular weight excluding hydrogens is 364 g/mol. The third kappa shape index (κ3) is 3.43. The van der Waals surface area contributed by atoms with E-state index in [4.69, 9.17) is 9.47 Å². The minimum absolute atomic E-state index is 0.0208. The van der Waals surface area contributed by atoms with Crippen LogP contribution in [0.4, 0.5) is 17.1 Å². The Balaban J connectivity index is 1.43. The molecule has 0 spiro atoms. The number of hydrogen-bond donors (Lipinski definition) is 0. The van der Waals surface area contributed by atoms with Gasteiger partial charge in [-0.2, -0.15) is 0 Å². The van der Waals surface area contributed by atoms with E-state index in [-0.39, 0.29) is 17.5 Å². The van der Waals surface area contributed by atoms with Crippen molar-refractivity contribution in [3.05, 3.63) is 48.0 Å². The second-order valence-electron chi connectivity index (χ2n) is 9.09. The van der Waals surface area contributed by atoms with Gasteiger partial charge in [0.2, 0.25) is 0 Å². The minimum atomic E-state index is -0.266. The maximum Gasteiger partial charge on any atom is 0.312 e. The molecule has 2 heterocycles. The van der Waals surface area contributed by atoms with Crippen LogP contribution in [0.3, 0.4) is 0 Å². The van der Waals surface area contributed by atoms with Crippen LogP contribution >= 0.6 is 0 Å². The summed E-state index contributed by atoms with van der Waals surface area (Å²) in [6.45, 7) is 6.51. The van der Waals surface area contributed by atoms with Crippen LogP contribution in [0.2, 0.25) is 0 Å². The summed E-state index contributed by atoms with van der Waals surface area (Å²) in [5.41, 5.74) is 4.55. The summed E-state index contributed by atoms with van der Waals surface area (Å²) < 4.78 is 11.2. The number of benzene rings is 2. The van der Waals surface area contributed by atoms with Gasteiger partial charge in [-0.1, -0.05) is 12.1 Å². The second-order valence-corrected chi connectivity index (χ2v) is 9.09. The monoisotopic (exact) mass is 392 g/mol. The predicted molar refractivity (Wildman–Crippen MR) is 114 cm³/mol. The summed E-state index contributed by atoms with van der Waals surface area (Å²) in [5, 5.41) is 0. The molecule has 2 fully saturated rings. The Morgan fingerprint density at radius 2 is 1.86 bits per heavy atom. The van der Waals surface area contributed by atoms with Crippen molar-refractivity contribution in [2.75, 3.05) is 36.5 Å². The molecule has 3 aliphatic rings. The molecule has 5 rings (SSSR count). The number of fused-ring (bicyclic) bond motifs is 1. The van der Waals surface area contributed by atoms with Crippen molar-refractivity contribution in [2.24, 2.45) is 5.92 Å². The maximum absolute atomic E-state index is 11.7. The highest BCUT2D eigenvalue weighted by atomic mass is 16.5. The van der Waals surface area contributed by atoms with Crippen molar-refractivity contribution >= 4 is 23.0 Å². The highest BCUT2D eigenvalue weighted by Crippen LogP contribution is 2.47. The van der Waals surface area contributed by atoms with E-state index >= 15 is 0 Å². The fraction of sp³-hybridized carbons (Fsp3) is 0.458. The molecule has 0 atom stereocenters. The summed E-state index contributed by atoms with van der Waals surface area (Å²) >= 11 is 0. The lowest BCUT2D eigenvalue weighted by molar-refractivity contribution is -0.146. The zero-order valence-electron chi connectivity index (χ0n) is 17.4. The van der Waals surface area contributed by atoms with Crippen LogP contribution in [0.1, 0.15) is 38.2 Å². The van der Waals surface area contributed by atoms with Crippen molar-refractivity contribution in [1.82, 2.24) is 0 Å². The van der Waals surface area contributed by atoms with Crippen molar-refractivity contribution < 1.29 is 14.3 Å². The molecule has 2 aromatic carbocycles. The van der Waals surface area contributed by atoms with E-state index < -0.39 is 0 Å². The Bertz CT molecular complexity index is 945. The molecule has 29 heavy (non-hydrogen) atoms. The lowest BCUT2D eigenvalue weighted by Crippen LogP contribution is -2.51. The van der Waals surface area contributed by atoms with E-state index in [2.05, 4.69) is 66.1 Å². The summed E-state index contributed by atoms with van der Waals surface area (Å²) in [7, 11) is 1.46. The third-order valence-corrected chi connectivity index (χ3v) is 6.17. The number of anilines is 3. The Hall–Kier alpha value is -2.69. The molecule has 1 saturated heterocycles. The van der Waals surface area contributed by atoms with E-state index in [1.165, 1.54) is 25.5 Å². The SMILES string of the molecule is COC(=O)C1CN(c2cccc(N3CC(C)(C)Oc4cc(C5CC5)ccc43)c2)C1. The summed E-state index contributed by atoms with van der Waals surface area (Å²) in [5.74, 6) is 1.55. The van der Waals surface area contributed by atoms with Crippen LogP contribution < -0.4 is 14.5 Å². The first-order valence-corrected chi connectivity index (χ1v) is 10.5. The van der Waals surface area contributed by atoms with Crippen LogP contribution in [0.15, 0.2) is 42.5 Å². The molecule has 5 heteroatoms. The molecule has 0 amide bonds. The fourth-order valence-corrected chi connectivity index (χ4v) is 4.40. The van der Waals surface area contributed by atoms with Crippen LogP contribution in [0.5, 0.6) is 5.75 Å². The Morgan fingerprint density at radius 3 is 2.59 bits per heavy atom. The van der Waals surface area contributed by atoms with Gasteiger partial charge < -0.3 is 19.3 Å². The molecule has 0 bridgehead atoms. The lowest BCUT2D eigenvalue weighted by atomic mass is 9.98. The van der Waals surface area contributed by atoms with Crippen molar-refractivity contribution in [3.8, 4) is 5.75 Å². The van der Waals surface area contributed by atoms with Gasteiger partial charge in [0, 0.05) is 24.5 Å². The number of esters is 1. The van der Waals surface area contributed by atoms with Gasteiger partial charge in [-0.05, 0) is 68.5 Å². The Morgan fingerprint density at radius 1 is 1.10 bits per heavy atom. The van der Waals surface area contributed by atoms with Crippen molar-refractivity contribution in [1.29, 1.82) is 0 Å². The minimum Gasteiger partial charge on any atom is -0.484 e. The largest absolute Gasteiger partial charge is 0.484 e. The van der Waals surface area contributed by atoms with Gasteiger partial charge >= 0.3 is 5.97 Å². The van der Waals surface area contributed by atoms with E-state index in [0.717, 1.165) is 29.4 Å². The van der Waals surface area contributed by atoms with Crippen LogP contribution in [-0.2, 0) is 9.53 Å². The number of ether oxygens (including phenoxy) is 2. The molecule has 0 N–H and O–H groups in total. The van der Waals surface area contributed by atoms with E-state index in [1.54, 1.807) is 0 Å². The molecule has 1 aliphatic carbocycles. The van der Waals surface area contributed by atoms with Crippen LogP contribution in [0.25, 0.3) is 0 Å². The second kappa shape index (κ2) is 6.68. The molecule has 2 aromatic rings. The Kier molecular flexibility index (Phi) is 4.23. The standard InChI is InChI=1S/C24H28N2O3/c1-24(2)15-26(21-10-9-17(16-7-8-16)11-22(21)29-24)20-6-4-5-19(12-20)25-13-18(14-25)23(27)28-3/h4-6,9-12,16,18H,7-8,13-15H2,1-3H3. The number of nitrogens with zero attached hydrogens (tertiary/aromatic N) is 2. The molecule has 152 valence electrons. The first-order chi connectivity index (χ1) is 13.9. The number of carbonyl (C=O) groups excluding carboxylic acids is 1. The van der Waals surface area contributed by atoms with Gasteiger partial charge in [0.05, 0.1) is 25.3 Å². The van der Waals surface area contributed by atoms with E-state index in [1.807, 2.05) is 0 Å². The van der Waals surface area contributed by atoms with Gasteiger partial charge in [0.15, 0.2) is 0 Å². The average Bonchev–Trinajstić information content (AvgIpc) is 3.50. The molecule has 0 unspecified atom stereocenters. The van der Waals surface area contributed by atoms with Crippen molar-refractivity contribution in [2.45, 2.75) is 38.2 Å². The van der Waals surface area contributed by atoms with E-state index in [9.17, 15) is 4.79 Å². The normalized spacial score (nSPS) is 20.5. The number of methoxy groups -OCH3 is 1. The fourth-order valence-electron chi connectivity index (χ4n) is 4.40. The molecule has 1 saturated carbocycles. The topological polar surface area (TPSA) is 42.0 Å². The van der Waals surface area contributed by atoms with Gasteiger partial charge in [0.25, 0.3) is 0 Å². The summed E-state index contributed by atoms with van der Waals surface area (Å²) in [6.07, 6.45) is 2.58. The third-order valence-electron chi connectivity index (χ3n) is 6.17.